The summed E-state index contributed by atoms with van der Waals surface area (Å²) in [4.78, 5) is 32.2. The number of hydrogen-bond acceptors (Lipinski definition) is 3. The molecule has 0 aliphatic heterocycles. The molecule has 0 spiro atoms. The Morgan fingerprint density at radius 2 is 1.76 bits per heavy atom. The molecule has 17 heavy (non-hydrogen) atoms. The molecule has 0 aliphatic rings. The van der Waals surface area contributed by atoms with Crippen molar-refractivity contribution in [1.29, 1.82) is 0 Å². The van der Waals surface area contributed by atoms with Crippen molar-refractivity contribution in [2.75, 3.05) is 0 Å². The molecule has 0 radical (unpaired) electrons. The zero-order valence-corrected chi connectivity index (χ0v) is 9.23. The molecule has 0 aromatic carbocycles. The molecule has 1 atom stereocenters. The zero-order chi connectivity index (χ0) is 12.6. The van der Waals surface area contributed by atoms with Gasteiger partial charge in [-0.15, -0.1) is 0 Å². The first kappa shape index (κ1) is 18.8. The van der Waals surface area contributed by atoms with Gasteiger partial charge in [0, 0.05) is 6.42 Å². The second kappa shape index (κ2) is 10.6. The van der Waals surface area contributed by atoms with E-state index in [-0.39, 0.29) is 36.0 Å². The monoisotopic (exact) mass is 255 g/mol. The van der Waals surface area contributed by atoms with Gasteiger partial charge in [0.1, 0.15) is 6.04 Å². The molecule has 0 saturated carbocycles. The normalized spacial score (nSPS) is 11.1. The van der Waals surface area contributed by atoms with Crippen LogP contribution in [0.15, 0.2) is 0 Å². The predicted octanol–water partition coefficient (Wildman–Crippen LogP) is -0.0377. The summed E-state index contributed by atoms with van der Waals surface area (Å²) < 4.78 is 0. The van der Waals surface area contributed by atoms with Gasteiger partial charge in [0.25, 0.3) is 0 Å². The third kappa shape index (κ3) is 10.3. The van der Waals surface area contributed by atoms with Crippen LogP contribution >= 0.6 is 0 Å². The van der Waals surface area contributed by atoms with Crippen LogP contribution in [0.4, 0.5) is 0 Å². The van der Waals surface area contributed by atoms with Crippen LogP contribution in [0, 0.1) is 0 Å². The SMILES string of the molecule is CCCCCC(=O)NC(CC(=O)O)C(=O)O.[NaH]. The van der Waals surface area contributed by atoms with E-state index in [1.165, 1.54) is 0 Å². The molecule has 0 aromatic heterocycles. The molecule has 1 unspecified atom stereocenters. The van der Waals surface area contributed by atoms with Crippen molar-refractivity contribution in [2.45, 2.75) is 45.1 Å². The van der Waals surface area contributed by atoms with Gasteiger partial charge < -0.3 is 15.5 Å². The van der Waals surface area contributed by atoms with Crippen LogP contribution in [0.25, 0.3) is 0 Å². The van der Waals surface area contributed by atoms with Crippen molar-refractivity contribution in [3.63, 3.8) is 0 Å². The minimum atomic E-state index is -1.34. The molecule has 0 fully saturated rings. The molecule has 94 valence electrons. The maximum atomic E-state index is 11.2. The molecular weight excluding hydrogens is 237 g/mol. The molecule has 0 bridgehead atoms. The van der Waals surface area contributed by atoms with E-state index in [0.29, 0.717) is 6.42 Å². The number of carboxylic acid groups (broad SMARTS) is 2. The van der Waals surface area contributed by atoms with Gasteiger partial charge in [-0.2, -0.15) is 0 Å². The van der Waals surface area contributed by atoms with E-state index in [1.807, 2.05) is 6.92 Å². The van der Waals surface area contributed by atoms with Gasteiger partial charge in [-0.25, -0.2) is 4.79 Å². The van der Waals surface area contributed by atoms with Crippen LogP contribution in [0.2, 0.25) is 0 Å². The summed E-state index contributed by atoms with van der Waals surface area (Å²) in [6.07, 6.45) is 2.17. The average molecular weight is 255 g/mol. The third-order valence-electron chi connectivity index (χ3n) is 2.02. The van der Waals surface area contributed by atoms with Crippen molar-refractivity contribution in [2.24, 2.45) is 0 Å². The Kier molecular flexibility index (Phi) is 11.7. The fourth-order valence-electron chi connectivity index (χ4n) is 1.18. The second-order valence-corrected chi connectivity index (χ2v) is 3.51. The molecule has 3 N–H and O–H groups in total. The topological polar surface area (TPSA) is 104 Å². The van der Waals surface area contributed by atoms with Crippen LogP contribution in [0.5, 0.6) is 0 Å². The van der Waals surface area contributed by atoms with Crippen LogP contribution in [-0.4, -0.2) is 63.7 Å². The number of carboxylic acids is 2. The van der Waals surface area contributed by atoms with Crippen molar-refractivity contribution < 1.29 is 24.6 Å². The predicted molar refractivity (Wildman–Crippen MR) is 63.1 cm³/mol. The average Bonchev–Trinajstić information content (AvgIpc) is 2.16. The quantitative estimate of drug-likeness (QED) is 0.417. The van der Waals surface area contributed by atoms with E-state index in [1.54, 1.807) is 0 Å². The second-order valence-electron chi connectivity index (χ2n) is 3.51. The first-order chi connectivity index (χ1) is 7.47. The first-order valence-electron chi connectivity index (χ1n) is 5.21. The Labute approximate surface area is 122 Å². The molecule has 0 saturated heterocycles. The minimum absolute atomic E-state index is 0. The summed E-state index contributed by atoms with van der Waals surface area (Å²) >= 11 is 0. The Morgan fingerprint density at radius 1 is 1.18 bits per heavy atom. The van der Waals surface area contributed by atoms with E-state index in [9.17, 15) is 14.4 Å². The van der Waals surface area contributed by atoms with Crippen LogP contribution in [0.3, 0.4) is 0 Å². The van der Waals surface area contributed by atoms with Crippen molar-refractivity contribution in [3.05, 3.63) is 0 Å². The molecule has 7 heteroatoms. The summed E-state index contributed by atoms with van der Waals surface area (Å²) in [7, 11) is 0. The number of hydrogen-bond donors (Lipinski definition) is 3. The Balaban J connectivity index is 0. The molecule has 0 rings (SSSR count). The maximum absolute atomic E-state index is 11.2. The molecule has 0 heterocycles. The van der Waals surface area contributed by atoms with E-state index < -0.39 is 30.3 Å². The number of carbonyl (C=O) groups is 3. The van der Waals surface area contributed by atoms with Gasteiger partial charge in [0.2, 0.25) is 5.91 Å². The fourth-order valence-corrected chi connectivity index (χ4v) is 1.18. The van der Waals surface area contributed by atoms with E-state index in [2.05, 4.69) is 5.32 Å². The van der Waals surface area contributed by atoms with E-state index in [0.717, 1.165) is 12.8 Å². The van der Waals surface area contributed by atoms with Crippen molar-refractivity contribution >= 4 is 47.4 Å². The summed E-state index contributed by atoms with van der Waals surface area (Å²) in [5.41, 5.74) is 0. The number of unbranched alkanes of at least 4 members (excludes halogenated alkanes) is 2. The Morgan fingerprint density at radius 3 is 2.18 bits per heavy atom. The number of amides is 1. The number of carbonyl (C=O) groups excluding carboxylic acids is 1. The Bertz CT molecular complexity index is 269. The number of aliphatic carboxylic acids is 2. The standard InChI is InChI=1S/C10H17NO5.Na.H/c1-2-3-4-5-8(12)11-7(10(15)16)6-9(13)14;;/h7H,2-6H2,1H3,(H,11,12)(H,13,14)(H,15,16);;. The number of nitrogens with one attached hydrogen (secondary N) is 1. The molecule has 0 aromatic rings. The van der Waals surface area contributed by atoms with Crippen LogP contribution in [-0.2, 0) is 14.4 Å². The van der Waals surface area contributed by atoms with Gasteiger partial charge >= 0.3 is 41.5 Å². The van der Waals surface area contributed by atoms with Crippen LogP contribution in [0.1, 0.15) is 39.0 Å². The van der Waals surface area contributed by atoms with Gasteiger partial charge in [-0.3, -0.25) is 9.59 Å². The molecule has 1 amide bonds. The molecular formula is C10H18NNaO5. The van der Waals surface area contributed by atoms with Gasteiger partial charge in [-0.05, 0) is 6.42 Å². The van der Waals surface area contributed by atoms with Gasteiger partial charge in [0.05, 0.1) is 6.42 Å². The summed E-state index contributed by atoms with van der Waals surface area (Å²) in [5, 5.41) is 19.3. The van der Waals surface area contributed by atoms with Crippen molar-refractivity contribution in [1.82, 2.24) is 5.32 Å². The van der Waals surface area contributed by atoms with Crippen LogP contribution < -0.4 is 5.32 Å². The first-order valence-corrected chi connectivity index (χ1v) is 5.21. The molecule has 0 aliphatic carbocycles. The van der Waals surface area contributed by atoms with Gasteiger partial charge in [-0.1, -0.05) is 19.8 Å². The van der Waals surface area contributed by atoms with E-state index in [4.69, 9.17) is 10.2 Å². The summed E-state index contributed by atoms with van der Waals surface area (Å²) in [6, 6.07) is -1.34. The number of rotatable bonds is 8. The van der Waals surface area contributed by atoms with E-state index >= 15 is 0 Å². The summed E-state index contributed by atoms with van der Waals surface area (Å²) in [6.45, 7) is 1.99. The molecule has 6 nitrogen and oxygen atoms in total. The summed E-state index contributed by atoms with van der Waals surface area (Å²) in [5.74, 6) is -2.99. The third-order valence-corrected chi connectivity index (χ3v) is 2.02. The van der Waals surface area contributed by atoms with Crippen molar-refractivity contribution in [3.8, 4) is 0 Å². The fraction of sp³-hybridized carbons (Fsp3) is 0.700. The van der Waals surface area contributed by atoms with Gasteiger partial charge in [0.15, 0.2) is 0 Å². The Hall–Kier alpha value is -0.590. The zero-order valence-electron chi connectivity index (χ0n) is 9.23.